The summed E-state index contributed by atoms with van der Waals surface area (Å²) in [6.07, 6.45) is 3.68. The highest BCUT2D eigenvalue weighted by molar-refractivity contribution is 7.84. The van der Waals surface area contributed by atoms with Gasteiger partial charge in [-0.05, 0) is 42.7 Å². The average Bonchev–Trinajstić information content (AvgIpc) is 3.04. The van der Waals surface area contributed by atoms with Crippen LogP contribution < -0.4 is 0 Å². The van der Waals surface area contributed by atoms with E-state index >= 15 is 0 Å². The Morgan fingerprint density at radius 3 is 2.41 bits per heavy atom. The molecular formula is C18H19NO2S. The van der Waals surface area contributed by atoms with Gasteiger partial charge in [0.25, 0.3) is 5.91 Å². The Kier molecular flexibility index (Phi) is 4.39. The number of carbonyl (C=O) groups excluding carboxylic acids is 1. The smallest absolute Gasteiger partial charge is 0.254 e. The Morgan fingerprint density at radius 2 is 1.77 bits per heavy atom. The van der Waals surface area contributed by atoms with Gasteiger partial charge in [0.1, 0.15) is 0 Å². The molecule has 1 amide bonds. The normalized spacial score (nSPS) is 19.1. The van der Waals surface area contributed by atoms with Gasteiger partial charge in [-0.2, -0.15) is 0 Å². The Morgan fingerprint density at radius 1 is 1.09 bits per heavy atom. The van der Waals surface area contributed by atoms with E-state index in [0.717, 1.165) is 24.3 Å². The van der Waals surface area contributed by atoms with Crippen LogP contribution in [-0.4, -0.2) is 27.8 Å². The van der Waals surface area contributed by atoms with Crippen LogP contribution in [0, 0.1) is 0 Å². The molecule has 1 fully saturated rings. The third kappa shape index (κ3) is 2.97. The minimum atomic E-state index is -1.01. The predicted molar refractivity (Wildman–Crippen MR) is 88.2 cm³/mol. The number of likely N-dealkylation sites (tertiary alicyclic amines) is 1. The number of hydrogen-bond donors (Lipinski definition) is 0. The molecule has 0 N–H and O–H groups in total. The second kappa shape index (κ2) is 6.44. The van der Waals surface area contributed by atoms with Gasteiger partial charge >= 0.3 is 0 Å². The zero-order valence-corrected chi connectivity index (χ0v) is 13.4. The molecule has 4 heteroatoms. The first-order valence-electron chi connectivity index (χ1n) is 7.46. The first-order valence-corrected chi connectivity index (χ1v) is 9.02. The minimum Gasteiger partial charge on any atom is -0.332 e. The highest BCUT2D eigenvalue weighted by atomic mass is 32.2. The van der Waals surface area contributed by atoms with E-state index < -0.39 is 10.8 Å². The van der Waals surface area contributed by atoms with Crippen LogP contribution in [0.25, 0.3) is 0 Å². The summed E-state index contributed by atoms with van der Waals surface area (Å²) < 4.78 is 11.4. The molecule has 3 nitrogen and oxygen atoms in total. The Balaban J connectivity index is 1.83. The summed E-state index contributed by atoms with van der Waals surface area (Å²) in [5.74, 6) is 0.0554. The van der Waals surface area contributed by atoms with E-state index in [1.54, 1.807) is 30.5 Å². The van der Waals surface area contributed by atoms with E-state index in [-0.39, 0.29) is 11.9 Å². The van der Waals surface area contributed by atoms with Crippen LogP contribution in [0.3, 0.4) is 0 Å². The predicted octanol–water partition coefficient (Wildman–Crippen LogP) is 3.40. The van der Waals surface area contributed by atoms with Crippen LogP contribution >= 0.6 is 0 Å². The number of nitrogens with zero attached hydrogens (tertiary/aromatic N) is 1. The first kappa shape index (κ1) is 15.0. The average molecular weight is 313 g/mol. The fourth-order valence-corrected chi connectivity index (χ4v) is 3.51. The van der Waals surface area contributed by atoms with Crippen LogP contribution in [0.2, 0.25) is 0 Å². The summed E-state index contributed by atoms with van der Waals surface area (Å²) in [6, 6.07) is 17.5. The molecule has 0 radical (unpaired) electrons. The number of carbonyl (C=O) groups is 1. The van der Waals surface area contributed by atoms with Crippen molar-refractivity contribution in [3.8, 4) is 0 Å². The second-order valence-electron chi connectivity index (χ2n) is 5.55. The third-order valence-electron chi connectivity index (χ3n) is 4.13. The van der Waals surface area contributed by atoms with Crippen molar-refractivity contribution in [2.75, 3.05) is 12.8 Å². The van der Waals surface area contributed by atoms with Crippen molar-refractivity contribution in [2.45, 2.75) is 23.8 Å². The van der Waals surface area contributed by atoms with Gasteiger partial charge in [-0.3, -0.25) is 9.00 Å². The molecule has 3 rings (SSSR count). The lowest BCUT2D eigenvalue weighted by Crippen LogP contribution is -2.30. The van der Waals surface area contributed by atoms with E-state index in [2.05, 4.69) is 12.1 Å². The zero-order chi connectivity index (χ0) is 15.5. The van der Waals surface area contributed by atoms with Gasteiger partial charge in [0.15, 0.2) is 0 Å². The van der Waals surface area contributed by atoms with Crippen molar-refractivity contribution in [2.24, 2.45) is 0 Å². The molecule has 114 valence electrons. The third-order valence-corrected chi connectivity index (χ3v) is 5.07. The molecule has 1 aliphatic rings. The van der Waals surface area contributed by atoms with E-state index in [0.29, 0.717) is 5.56 Å². The lowest BCUT2D eigenvalue weighted by Gasteiger charge is -2.25. The highest BCUT2D eigenvalue weighted by Crippen LogP contribution is 2.33. The van der Waals surface area contributed by atoms with Crippen LogP contribution in [-0.2, 0) is 10.8 Å². The maximum atomic E-state index is 12.8. The summed E-state index contributed by atoms with van der Waals surface area (Å²) in [5, 5.41) is 0. The lowest BCUT2D eigenvalue weighted by molar-refractivity contribution is 0.0735. The molecule has 1 saturated heterocycles. The van der Waals surface area contributed by atoms with Gasteiger partial charge in [0.2, 0.25) is 0 Å². The summed E-state index contributed by atoms with van der Waals surface area (Å²) in [5.41, 5.74) is 1.86. The monoisotopic (exact) mass is 313 g/mol. The lowest BCUT2D eigenvalue weighted by atomic mass is 10.0. The number of amides is 1. The summed E-state index contributed by atoms with van der Waals surface area (Å²) in [6.45, 7) is 0.792. The van der Waals surface area contributed by atoms with E-state index in [4.69, 9.17) is 0 Å². The highest BCUT2D eigenvalue weighted by Gasteiger charge is 2.30. The Labute approximate surface area is 133 Å². The van der Waals surface area contributed by atoms with Crippen LogP contribution in [0.4, 0.5) is 0 Å². The summed E-state index contributed by atoms with van der Waals surface area (Å²) in [4.78, 5) is 15.5. The fraction of sp³-hybridized carbons (Fsp3) is 0.278. The maximum Gasteiger partial charge on any atom is 0.254 e. The van der Waals surface area contributed by atoms with Crippen molar-refractivity contribution in [3.05, 3.63) is 65.7 Å². The zero-order valence-electron chi connectivity index (χ0n) is 12.6. The van der Waals surface area contributed by atoms with Gasteiger partial charge in [-0.1, -0.05) is 30.3 Å². The van der Waals surface area contributed by atoms with Crippen molar-refractivity contribution >= 4 is 16.7 Å². The number of hydrogen-bond acceptors (Lipinski definition) is 2. The van der Waals surface area contributed by atoms with Gasteiger partial charge in [0.05, 0.1) is 6.04 Å². The molecule has 1 heterocycles. The Hall–Kier alpha value is -1.94. The van der Waals surface area contributed by atoms with E-state index in [1.165, 1.54) is 5.56 Å². The molecule has 0 bridgehead atoms. The topological polar surface area (TPSA) is 37.4 Å². The number of rotatable bonds is 3. The Bertz CT molecular complexity index is 682. The van der Waals surface area contributed by atoms with Gasteiger partial charge in [-0.15, -0.1) is 0 Å². The largest absolute Gasteiger partial charge is 0.332 e. The molecule has 1 aliphatic heterocycles. The molecule has 0 aromatic heterocycles. The first-order chi connectivity index (χ1) is 10.7. The molecule has 0 saturated carbocycles. The second-order valence-corrected chi connectivity index (χ2v) is 6.93. The minimum absolute atomic E-state index is 0.0554. The molecule has 0 spiro atoms. The van der Waals surface area contributed by atoms with Crippen molar-refractivity contribution < 1.29 is 9.00 Å². The van der Waals surface area contributed by atoms with Crippen molar-refractivity contribution in [3.63, 3.8) is 0 Å². The van der Waals surface area contributed by atoms with E-state index in [1.807, 2.05) is 23.1 Å². The van der Waals surface area contributed by atoms with E-state index in [9.17, 15) is 9.00 Å². The van der Waals surface area contributed by atoms with Gasteiger partial charge in [-0.25, -0.2) is 0 Å². The standard InChI is InChI=1S/C18H19NO2S/c1-22(21)16-11-9-15(10-12-16)18(20)19-13-5-8-17(19)14-6-3-2-4-7-14/h2-4,6-7,9-12,17H,5,8,13H2,1H3. The molecule has 2 atom stereocenters. The molecular weight excluding hydrogens is 294 g/mol. The molecule has 2 aromatic rings. The molecule has 0 aliphatic carbocycles. The van der Waals surface area contributed by atoms with Gasteiger partial charge in [0, 0.05) is 34.1 Å². The maximum absolute atomic E-state index is 12.8. The van der Waals surface area contributed by atoms with Crippen molar-refractivity contribution in [1.82, 2.24) is 4.90 Å². The summed E-state index contributed by atoms with van der Waals surface area (Å²) >= 11 is 0. The van der Waals surface area contributed by atoms with Gasteiger partial charge < -0.3 is 4.90 Å². The van der Waals surface area contributed by atoms with Crippen molar-refractivity contribution in [1.29, 1.82) is 0 Å². The molecule has 2 unspecified atom stereocenters. The van der Waals surface area contributed by atoms with Crippen LogP contribution in [0.5, 0.6) is 0 Å². The fourth-order valence-electron chi connectivity index (χ4n) is 2.99. The quantitative estimate of drug-likeness (QED) is 0.871. The molecule has 22 heavy (non-hydrogen) atoms. The number of benzene rings is 2. The molecule has 2 aromatic carbocycles. The van der Waals surface area contributed by atoms with Crippen LogP contribution in [0.15, 0.2) is 59.5 Å². The van der Waals surface area contributed by atoms with Crippen LogP contribution in [0.1, 0.15) is 34.8 Å². The summed E-state index contributed by atoms with van der Waals surface area (Å²) in [7, 11) is -1.01. The SMILES string of the molecule is CS(=O)c1ccc(C(=O)N2CCCC2c2ccccc2)cc1.